The molecule has 2 aliphatic rings. The summed E-state index contributed by atoms with van der Waals surface area (Å²) in [6.45, 7) is 4.37. The summed E-state index contributed by atoms with van der Waals surface area (Å²) in [6.07, 6.45) is 3.82. The molecule has 2 rings (SSSR count). The molecule has 0 saturated carbocycles. The molecule has 0 aromatic rings. The summed E-state index contributed by atoms with van der Waals surface area (Å²) < 4.78 is 5.01. The second kappa shape index (κ2) is 5.99. The minimum absolute atomic E-state index is 0.113. The lowest BCUT2D eigenvalue weighted by molar-refractivity contribution is -0.159. The molecule has 18 heavy (non-hydrogen) atoms. The van der Waals surface area contributed by atoms with Gasteiger partial charge >= 0.3 is 0 Å². The molecule has 0 bridgehead atoms. The largest absolute Gasteiger partial charge is 0.383 e. The summed E-state index contributed by atoms with van der Waals surface area (Å²) in [7, 11) is 1.63. The number of ether oxygens (including phenoxy) is 1. The third kappa shape index (κ3) is 3.02. The van der Waals surface area contributed by atoms with Crippen molar-refractivity contribution >= 4 is 5.91 Å². The van der Waals surface area contributed by atoms with Crippen molar-refractivity contribution in [2.45, 2.75) is 31.3 Å². The molecule has 2 aliphatic heterocycles. The molecule has 5 nitrogen and oxygen atoms in total. The van der Waals surface area contributed by atoms with Gasteiger partial charge in [0.1, 0.15) is 0 Å². The predicted molar refractivity (Wildman–Crippen MR) is 68.3 cm³/mol. The van der Waals surface area contributed by atoms with Crippen LogP contribution in [-0.2, 0) is 9.53 Å². The van der Waals surface area contributed by atoms with E-state index in [9.17, 15) is 9.90 Å². The molecule has 2 saturated heterocycles. The van der Waals surface area contributed by atoms with E-state index in [-0.39, 0.29) is 5.91 Å². The summed E-state index contributed by atoms with van der Waals surface area (Å²) in [6, 6.07) is 0. The molecular weight excluding hydrogens is 232 g/mol. The quantitative estimate of drug-likeness (QED) is 0.757. The monoisotopic (exact) mass is 256 g/mol. The third-order valence-electron chi connectivity index (χ3n) is 3.95. The molecule has 1 amide bonds. The number of carbonyl (C=O) groups is 1. The fraction of sp³-hybridized carbons (Fsp3) is 0.923. The summed E-state index contributed by atoms with van der Waals surface area (Å²) in [5.74, 6) is -0.113. The first kappa shape index (κ1) is 13.8. The lowest BCUT2D eigenvalue weighted by atomic mass is 9.91. The molecule has 0 spiro atoms. The summed E-state index contributed by atoms with van der Waals surface area (Å²) >= 11 is 0. The second-order valence-corrected chi connectivity index (χ2v) is 5.40. The number of aliphatic hydroxyl groups is 1. The number of β-amino-alcohol motifs (C(OH)–C–C–N with tert-alkyl or cyclic N) is 1. The first-order valence-corrected chi connectivity index (χ1v) is 6.89. The Morgan fingerprint density at radius 1 is 1.28 bits per heavy atom. The Hall–Kier alpha value is -0.650. The number of hydrogen-bond acceptors (Lipinski definition) is 4. The topological polar surface area (TPSA) is 53.0 Å². The maximum absolute atomic E-state index is 12.3. The van der Waals surface area contributed by atoms with Gasteiger partial charge in [-0.3, -0.25) is 9.69 Å². The summed E-state index contributed by atoms with van der Waals surface area (Å²) in [5.41, 5.74) is -1.17. The summed E-state index contributed by atoms with van der Waals surface area (Å²) in [5, 5.41) is 10.6. The molecule has 0 aromatic heterocycles. The predicted octanol–water partition coefficient (Wildman–Crippen LogP) is 0.0821. The highest BCUT2D eigenvalue weighted by Gasteiger charge is 2.43. The van der Waals surface area contributed by atoms with Gasteiger partial charge in [0.2, 0.25) is 0 Å². The van der Waals surface area contributed by atoms with Gasteiger partial charge in [0.05, 0.1) is 6.61 Å². The molecule has 5 heteroatoms. The Kier molecular flexibility index (Phi) is 4.59. The first-order valence-electron chi connectivity index (χ1n) is 6.89. The van der Waals surface area contributed by atoms with Gasteiger partial charge in [0, 0.05) is 26.7 Å². The van der Waals surface area contributed by atoms with Crippen molar-refractivity contribution in [2.75, 3.05) is 46.4 Å². The molecule has 1 N–H and O–H groups in total. The lowest BCUT2D eigenvalue weighted by Gasteiger charge is -2.40. The molecule has 0 aromatic carbocycles. The zero-order valence-corrected chi connectivity index (χ0v) is 11.2. The van der Waals surface area contributed by atoms with Gasteiger partial charge in [-0.2, -0.15) is 0 Å². The van der Waals surface area contributed by atoms with E-state index >= 15 is 0 Å². The van der Waals surface area contributed by atoms with Crippen LogP contribution in [0.4, 0.5) is 0 Å². The van der Waals surface area contributed by atoms with Crippen LogP contribution < -0.4 is 0 Å². The highest BCUT2D eigenvalue weighted by Crippen LogP contribution is 2.25. The van der Waals surface area contributed by atoms with Crippen LogP contribution in [0.5, 0.6) is 0 Å². The van der Waals surface area contributed by atoms with Crippen LogP contribution in [0.25, 0.3) is 0 Å². The van der Waals surface area contributed by atoms with E-state index in [2.05, 4.69) is 4.90 Å². The average molecular weight is 256 g/mol. The minimum atomic E-state index is -1.17. The minimum Gasteiger partial charge on any atom is -0.383 e. The van der Waals surface area contributed by atoms with Crippen molar-refractivity contribution in [3.63, 3.8) is 0 Å². The number of methoxy groups -OCH3 is 1. The van der Waals surface area contributed by atoms with Crippen LogP contribution in [0.2, 0.25) is 0 Å². The number of likely N-dealkylation sites (tertiary alicyclic amines) is 2. The normalized spacial score (nSPS) is 30.1. The van der Waals surface area contributed by atoms with Gasteiger partial charge in [-0.1, -0.05) is 0 Å². The molecular formula is C13H24N2O3. The van der Waals surface area contributed by atoms with E-state index in [1.165, 1.54) is 12.8 Å². The van der Waals surface area contributed by atoms with Crippen LogP contribution in [0.15, 0.2) is 0 Å². The SMILES string of the molecule is COCCN1CCC[C@@](O)(CN2CCCC2)C1=O. The Morgan fingerprint density at radius 2 is 2.00 bits per heavy atom. The van der Waals surface area contributed by atoms with Crippen LogP contribution in [0, 0.1) is 0 Å². The number of amides is 1. The standard InChI is InChI=1S/C13H24N2O3/c1-18-10-9-15-8-4-5-13(17,12(15)16)11-14-6-2-3-7-14/h17H,2-11H2,1H3/t13-/m1/s1. The van der Waals surface area contributed by atoms with Crippen molar-refractivity contribution in [3.8, 4) is 0 Å². The fourth-order valence-electron chi connectivity index (χ4n) is 2.94. The van der Waals surface area contributed by atoms with Crippen molar-refractivity contribution in [1.82, 2.24) is 9.80 Å². The van der Waals surface area contributed by atoms with Crippen LogP contribution in [0.3, 0.4) is 0 Å². The van der Waals surface area contributed by atoms with E-state index in [1.807, 2.05) is 0 Å². The maximum Gasteiger partial charge on any atom is 0.255 e. The van der Waals surface area contributed by atoms with Gasteiger partial charge in [-0.25, -0.2) is 0 Å². The highest BCUT2D eigenvalue weighted by atomic mass is 16.5. The molecule has 0 aliphatic carbocycles. The van der Waals surface area contributed by atoms with E-state index in [0.717, 1.165) is 26.1 Å². The molecule has 1 atom stereocenters. The van der Waals surface area contributed by atoms with Crippen LogP contribution in [0.1, 0.15) is 25.7 Å². The molecule has 2 heterocycles. The fourth-order valence-corrected chi connectivity index (χ4v) is 2.94. The van der Waals surface area contributed by atoms with Gasteiger partial charge in [-0.05, 0) is 38.8 Å². The first-order chi connectivity index (χ1) is 8.65. The van der Waals surface area contributed by atoms with Crippen LogP contribution in [-0.4, -0.2) is 72.9 Å². The summed E-state index contributed by atoms with van der Waals surface area (Å²) in [4.78, 5) is 16.3. The average Bonchev–Trinajstić information content (AvgIpc) is 2.84. The lowest BCUT2D eigenvalue weighted by Crippen LogP contribution is -2.58. The number of hydrogen-bond donors (Lipinski definition) is 1. The van der Waals surface area contributed by atoms with Gasteiger partial charge in [-0.15, -0.1) is 0 Å². The molecule has 0 radical (unpaired) electrons. The highest BCUT2D eigenvalue weighted by molar-refractivity contribution is 5.86. The molecule has 104 valence electrons. The Bertz CT molecular complexity index is 292. The van der Waals surface area contributed by atoms with E-state index in [4.69, 9.17) is 4.74 Å². The second-order valence-electron chi connectivity index (χ2n) is 5.40. The van der Waals surface area contributed by atoms with Crippen molar-refractivity contribution < 1.29 is 14.6 Å². The zero-order valence-electron chi connectivity index (χ0n) is 11.2. The number of carbonyl (C=O) groups excluding carboxylic acids is 1. The van der Waals surface area contributed by atoms with Gasteiger partial charge in [0.25, 0.3) is 5.91 Å². The third-order valence-corrected chi connectivity index (χ3v) is 3.95. The molecule has 2 fully saturated rings. The van der Waals surface area contributed by atoms with Crippen molar-refractivity contribution in [1.29, 1.82) is 0 Å². The van der Waals surface area contributed by atoms with E-state index < -0.39 is 5.60 Å². The van der Waals surface area contributed by atoms with Gasteiger partial charge in [0.15, 0.2) is 5.60 Å². The number of nitrogens with zero attached hydrogens (tertiary/aromatic N) is 2. The van der Waals surface area contributed by atoms with Crippen molar-refractivity contribution in [3.05, 3.63) is 0 Å². The van der Waals surface area contributed by atoms with E-state index in [0.29, 0.717) is 26.1 Å². The van der Waals surface area contributed by atoms with Gasteiger partial charge < -0.3 is 14.7 Å². The van der Waals surface area contributed by atoms with Crippen LogP contribution >= 0.6 is 0 Å². The number of piperidine rings is 1. The number of rotatable bonds is 5. The Morgan fingerprint density at radius 3 is 2.67 bits per heavy atom. The molecule has 0 unspecified atom stereocenters. The zero-order chi connectivity index (χ0) is 13.0. The smallest absolute Gasteiger partial charge is 0.255 e. The van der Waals surface area contributed by atoms with E-state index in [1.54, 1.807) is 12.0 Å². The van der Waals surface area contributed by atoms with Crippen molar-refractivity contribution in [2.24, 2.45) is 0 Å². The Balaban J connectivity index is 1.94. The maximum atomic E-state index is 12.3. The Labute approximate surface area is 109 Å².